The molecular formula is C18H15ClF3N3O3S. The van der Waals surface area contributed by atoms with E-state index in [1.54, 1.807) is 17.0 Å². The van der Waals surface area contributed by atoms with Crippen molar-refractivity contribution in [1.29, 1.82) is 0 Å². The van der Waals surface area contributed by atoms with Gasteiger partial charge in [0.1, 0.15) is 5.69 Å². The minimum absolute atomic E-state index is 0.0132. The molecule has 11 heteroatoms. The molecule has 6 nitrogen and oxygen atoms in total. The summed E-state index contributed by atoms with van der Waals surface area (Å²) in [7, 11) is 0. The number of hydrogen-bond acceptors (Lipinski definition) is 5. The zero-order valence-corrected chi connectivity index (χ0v) is 16.4. The number of anilines is 1. The molecule has 1 fully saturated rings. The summed E-state index contributed by atoms with van der Waals surface area (Å²) in [5, 5.41) is 11.5. The van der Waals surface area contributed by atoms with E-state index in [-0.39, 0.29) is 46.0 Å². The van der Waals surface area contributed by atoms with Crippen LogP contribution in [0.25, 0.3) is 0 Å². The van der Waals surface area contributed by atoms with Gasteiger partial charge in [0.2, 0.25) is 0 Å². The highest BCUT2D eigenvalue weighted by Crippen LogP contribution is 2.39. The molecule has 0 spiro atoms. The minimum Gasteiger partial charge on any atom is -0.362 e. The van der Waals surface area contributed by atoms with Crippen molar-refractivity contribution in [3.8, 4) is 0 Å². The van der Waals surface area contributed by atoms with Crippen LogP contribution in [-0.2, 0) is 0 Å². The SMILES string of the molecule is O=C(c1ccccc1SC(F)(F)F)N1CCN(c2ccc(Cl)cc2[N+](=O)[O-])CC1. The molecule has 1 aliphatic heterocycles. The van der Waals surface area contributed by atoms with Crippen molar-refractivity contribution < 1.29 is 22.9 Å². The van der Waals surface area contributed by atoms with Crippen molar-refractivity contribution >= 4 is 40.6 Å². The third-order valence-electron chi connectivity index (χ3n) is 4.38. The summed E-state index contributed by atoms with van der Waals surface area (Å²) in [5.74, 6) is -0.498. The Morgan fingerprint density at radius 3 is 2.38 bits per heavy atom. The molecule has 1 amide bonds. The molecule has 0 atom stereocenters. The van der Waals surface area contributed by atoms with E-state index in [1.165, 1.54) is 35.2 Å². The van der Waals surface area contributed by atoms with Crippen molar-refractivity contribution in [2.75, 3.05) is 31.1 Å². The van der Waals surface area contributed by atoms with Gasteiger partial charge in [0.05, 0.1) is 10.5 Å². The first-order chi connectivity index (χ1) is 13.7. The number of rotatable bonds is 4. The zero-order chi connectivity index (χ0) is 21.2. The van der Waals surface area contributed by atoms with Crippen molar-refractivity contribution in [2.24, 2.45) is 0 Å². The van der Waals surface area contributed by atoms with Gasteiger partial charge >= 0.3 is 5.51 Å². The fourth-order valence-corrected chi connectivity index (χ4v) is 3.92. The molecule has 0 aromatic heterocycles. The van der Waals surface area contributed by atoms with Crippen LogP contribution in [0.3, 0.4) is 0 Å². The highest BCUT2D eigenvalue weighted by atomic mass is 35.5. The minimum atomic E-state index is -4.50. The third kappa shape index (κ3) is 5.13. The molecule has 0 unspecified atom stereocenters. The lowest BCUT2D eigenvalue weighted by molar-refractivity contribution is -0.384. The second-order valence-corrected chi connectivity index (χ2v) is 7.76. The summed E-state index contributed by atoms with van der Waals surface area (Å²) in [5.41, 5.74) is -4.26. The van der Waals surface area contributed by atoms with E-state index in [2.05, 4.69) is 0 Å². The van der Waals surface area contributed by atoms with Gasteiger partial charge in [-0.15, -0.1) is 0 Å². The van der Waals surface area contributed by atoms with Crippen molar-refractivity contribution in [3.63, 3.8) is 0 Å². The van der Waals surface area contributed by atoms with Crippen LogP contribution in [0, 0.1) is 10.1 Å². The number of piperazine rings is 1. The molecule has 0 bridgehead atoms. The number of benzene rings is 2. The van der Waals surface area contributed by atoms with Crippen LogP contribution in [-0.4, -0.2) is 47.4 Å². The number of alkyl halides is 3. The van der Waals surface area contributed by atoms with Crippen LogP contribution in [0.4, 0.5) is 24.5 Å². The first kappa shape index (κ1) is 21.3. The first-order valence-corrected chi connectivity index (χ1v) is 9.68. The monoisotopic (exact) mass is 445 g/mol. The number of amides is 1. The normalized spacial score (nSPS) is 14.8. The lowest BCUT2D eigenvalue weighted by Crippen LogP contribution is -2.49. The van der Waals surface area contributed by atoms with Gasteiger partial charge in [-0.25, -0.2) is 0 Å². The molecule has 2 aromatic carbocycles. The Bertz CT molecular complexity index is 934. The molecule has 1 aliphatic rings. The number of hydrogen-bond donors (Lipinski definition) is 0. The maximum atomic E-state index is 12.8. The molecule has 0 radical (unpaired) electrons. The number of nitro groups is 1. The Hall–Kier alpha value is -2.46. The zero-order valence-electron chi connectivity index (χ0n) is 14.9. The summed E-state index contributed by atoms with van der Waals surface area (Å²) in [6.07, 6.45) is 0. The first-order valence-electron chi connectivity index (χ1n) is 8.48. The van der Waals surface area contributed by atoms with Crippen molar-refractivity contribution in [1.82, 2.24) is 4.90 Å². The molecule has 1 saturated heterocycles. The second-order valence-electron chi connectivity index (χ2n) is 6.21. The summed E-state index contributed by atoms with van der Waals surface area (Å²) in [6, 6.07) is 9.95. The summed E-state index contributed by atoms with van der Waals surface area (Å²) in [4.78, 5) is 26.6. The van der Waals surface area contributed by atoms with Gasteiger partial charge in [0, 0.05) is 42.2 Å². The molecule has 29 heavy (non-hydrogen) atoms. The highest BCUT2D eigenvalue weighted by molar-refractivity contribution is 8.00. The Morgan fingerprint density at radius 1 is 1.10 bits per heavy atom. The maximum Gasteiger partial charge on any atom is 0.446 e. The Balaban J connectivity index is 1.74. The predicted octanol–water partition coefficient (Wildman–Crippen LogP) is 4.82. The average Bonchev–Trinajstić information content (AvgIpc) is 2.67. The molecule has 2 aromatic rings. The van der Waals surface area contributed by atoms with Crippen LogP contribution < -0.4 is 4.90 Å². The number of nitrogens with zero attached hydrogens (tertiary/aromatic N) is 3. The highest BCUT2D eigenvalue weighted by Gasteiger charge is 2.33. The molecular weight excluding hydrogens is 431 g/mol. The fourth-order valence-electron chi connectivity index (χ4n) is 3.09. The van der Waals surface area contributed by atoms with E-state index < -0.39 is 16.3 Å². The van der Waals surface area contributed by atoms with Crippen LogP contribution in [0.1, 0.15) is 10.4 Å². The quantitative estimate of drug-likeness (QED) is 0.383. The lowest BCUT2D eigenvalue weighted by atomic mass is 10.1. The van der Waals surface area contributed by atoms with Crippen LogP contribution >= 0.6 is 23.4 Å². The molecule has 1 heterocycles. The molecule has 0 saturated carbocycles. The van der Waals surface area contributed by atoms with Gasteiger partial charge in [-0.2, -0.15) is 13.2 Å². The number of carbonyl (C=O) groups is 1. The van der Waals surface area contributed by atoms with Gasteiger partial charge in [0.25, 0.3) is 11.6 Å². The van der Waals surface area contributed by atoms with Gasteiger partial charge < -0.3 is 9.80 Å². The van der Waals surface area contributed by atoms with Crippen molar-refractivity contribution in [3.05, 3.63) is 63.2 Å². The van der Waals surface area contributed by atoms with E-state index in [0.717, 1.165) is 0 Å². The maximum absolute atomic E-state index is 12.8. The smallest absolute Gasteiger partial charge is 0.362 e. The van der Waals surface area contributed by atoms with E-state index in [1.807, 2.05) is 0 Å². The van der Waals surface area contributed by atoms with Gasteiger partial charge in [-0.3, -0.25) is 14.9 Å². The molecule has 0 N–H and O–H groups in total. The van der Waals surface area contributed by atoms with Gasteiger partial charge in [0.15, 0.2) is 0 Å². The number of halogens is 4. The standard InChI is InChI=1S/C18H15ClF3N3O3S/c19-12-5-6-14(15(11-12)25(27)28)23-7-9-24(10-8-23)17(26)13-3-1-2-4-16(13)29-18(20,21)22/h1-6,11H,7-10H2. The molecule has 3 rings (SSSR count). The second kappa shape index (κ2) is 8.50. The average molecular weight is 446 g/mol. The number of nitro benzene ring substituents is 1. The van der Waals surface area contributed by atoms with Crippen LogP contribution in [0.2, 0.25) is 5.02 Å². The van der Waals surface area contributed by atoms with Gasteiger partial charge in [-0.05, 0) is 36.0 Å². The number of thioether (sulfide) groups is 1. The van der Waals surface area contributed by atoms with E-state index in [4.69, 9.17) is 11.6 Å². The van der Waals surface area contributed by atoms with Crippen molar-refractivity contribution in [2.45, 2.75) is 10.4 Å². The summed E-state index contributed by atoms with van der Waals surface area (Å²) < 4.78 is 38.3. The summed E-state index contributed by atoms with van der Waals surface area (Å²) >= 11 is 5.51. The Morgan fingerprint density at radius 2 is 1.76 bits per heavy atom. The largest absolute Gasteiger partial charge is 0.446 e. The number of carbonyl (C=O) groups excluding carboxylic acids is 1. The lowest BCUT2D eigenvalue weighted by Gasteiger charge is -2.36. The summed E-state index contributed by atoms with van der Waals surface area (Å²) in [6.45, 7) is 1.07. The predicted molar refractivity (Wildman–Crippen MR) is 105 cm³/mol. The van der Waals surface area contributed by atoms with Crippen LogP contribution in [0.5, 0.6) is 0 Å². The van der Waals surface area contributed by atoms with Gasteiger partial charge in [-0.1, -0.05) is 23.7 Å². The van der Waals surface area contributed by atoms with E-state index in [0.29, 0.717) is 18.8 Å². The van der Waals surface area contributed by atoms with E-state index >= 15 is 0 Å². The fraction of sp³-hybridized carbons (Fsp3) is 0.278. The topological polar surface area (TPSA) is 66.7 Å². The van der Waals surface area contributed by atoms with Crippen LogP contribution in [0.15, 0.2) is 47.4 Å². The third-order valence-corrected chi connectivity index (χ3v) is 5.43. The Labute approximate surface area is 173 Å². The molecule has 0 aliphatic carbocycles. The van der Waals surface area contributed by atoms with E-state index in [9.17, 15) is 28.1 Å². The molecule has 154 valence electrons. The Kier molecular flexibility index (Phi) is 6.23.